The lowest BCUT2D eigenvalue weighted by molar-refractivity contribution is 0.0678. The topological polar surface area (TPSA) is 62.9 Å². The van der Waals surface area contributed by atoms with E-state index >= 15 is 0 Å². The van der Waals surface area contributed by atoms with E-state index in [4.69, 9.17) is 27.1 Å². The number of guanidine groups is 1. The zero-order chi connectivity index (χ0) is 16.8. The van der Waals surface area contributed by atoms with Crippen molar-refractivity contribution in [3.8, 4) is 0 Å². The van der Waals surface area contributed by atoms with Crippen molar-refractivity contribution in [2.45, 2.75) is 6.17 Å². The molecular formula is C18H21ClN4O. The summed E-state index contributed by atoms with van der Waals surface area (Å²) in [7, 11) is 0. The van der Waals surface area contributed by atoms with Crippen molar-refractivity contribution in [2.24, 2.45) is 10.7 Å². The predicted octanol–water partition coefficient (Wildman–Crippen LogP) is 3.10. The van der Waals surface area contributed by atoms with Crippen LogP contribution >= 0.6 is 11.6 Å². The fourth-order valence-electron chi connectivity index (χ4n) is 2.49. The Balaban J connectivity index is 1.83. The predicted molar refractivity (Wildman–Crippen MR) is 98.3 cm³/mol. The van der Waals surface area contributed by atoms with E-state index in [2.05, 4.69) is 10.2 Å². The van der Waals surface area contributed by atoms with Crippen LogP contribution in [0.3, 0.4) is 0 Å². The van der Waals surface area contributed by atoms with Gasteiger partial charge < -0.3 is 20.7 Å². The minimum atomic E-state index is -0.427. The van der Waals surface area contributed by atoms with Gasteiger partial charge in [-0.15, -0.1) is 0 Å². The average Bonchev–Trinajstić information content (AvgIpc) is 2.64. The van der Waals surface area contributed by atoms with Gasteiger partial charge in [-0.1, -0.05) is 41.9 Å². The van der Waals surface area contributed by atoms with Crippen LogP contribution in [0, 0.1) is 0 Å². The van der Waals surface area contributed by atoms with Crippen molar-refractivity contribution in [2.75, 3.05) is 31.6 Å². The lowest BCUT2D eigenvalue weighted by Gasteiger charge is -2.31. The number of morpholine rings is 1. The Bertz CT molecular complexity index is 669. The lowest BCUT2D eigenvalue weighted by atomic mass is 10.2. The van der Waals surface area contributed by atoms with E-state index in [1.807, 2.05) is 54.6 Å². The van der Waals surface area contributed by atoms with Crippen LogP contribution in [0.1, 0.15) is 11.7 Å². The molecule has 2 aromatic rings. The van der Waals surface area contributed by atoms with Gasteiger partial charge in [0.15, 0.2) is 0 Å². The highest BCUT2D eigenvalue weighted by Crippen LogP contribution is 2.16. The molecule has 1 aliphatic heterocycles. The zero-order valence-electron chi connectivity index (χ0n) is 13.4. The molecule has 0 spiro atoms. The van der Waals surface area contributed by atoms with Crippen molar-refractivity contribution in [3.05, 3.63) is 65.2 Å². The summed E-state index contributed by atoms with van der Waals surface area (Å²) in [5.41, 5.74) is 8.17. The number of halogens is 1. The van der Waals surface area contributed by atoms with Crippen LogP contribution < -0.4 is 11.1 Å². The quantitative estimate of drug-likeness (QED) is 0.663. The van der Waals surface area contributed by atoms with Crippen LogP contribution in [-0.4, -0.2) is 37.2 Å². The number of nitrogens with zero attached hydrogens (tertiary/aromatic N) is 2. The standard InChI is InChI=1S/C18H21ClN4O/c19-15-6-8-16(9-7-15)21-18(23-10-12-24-13-11-23)22-17(20)14-4-2-1-3-5-14/h1-9,17H,10-13,20H2,(H,21,22). The number of ether oxygens (including phenoxy) is 1. The van der Waals surface area contributed by atoms with Gasteiger partial charge in [0.05, 0.1) is 13.2 Å². The van der Waals surface area contributed by atoms with Gasteiger partial charge in [0, 0.05) is 23.8 Å². The second-order valence-corrected chi connectivity index (χ2v) is 5.98. The molecule has 3 N–H and O–H groups in total. The molecule has 0 aromatic heterocycles. The van der Waals surface area contributed by atoms with Crippen LogP contribution in [0.4, 0.5) is 5.69 Å². The molecule has 0 saturated carbocycles. The Morgan fingerprint density at radius 3 is 2.42 bits per heavy atom. The third kappa shape index (κ3) is 4.47. The highest BCUT2D eigenvalue weighted by Gasteiger charge is 2.17. The first kappa shape index (κ1) is 16.8. The molecule has 0 radical (unpaired) electrons. The van der Waals surface area contributed by atoms with Gasteiger partial charge in [0.1, 0.15) is 6.17 Å². The number of anilines is 1. The second-order valence-electron chi connectivity index (χ2n) is 5.54. The zero-order valence-corrected chi connectivity index (χ0v) is 14.1. The monoisotopic (exact) mass is 344 g/mol. The molecule has 5 nitrogen and oxygen atoms in total. The molecule has 1 atom stereocenters. The maximum Gasteiger partial charge on any atom is 0.200 e. The number of rotatable bonds is 3. The van der Waals surface area contributed by atoms with Gasteiger partial charge in [-0.2, -0.15) is 0 Å². The van der Waals surface area contributed by atoms with Crippen molar-refractivity contribution in [3.63, 3.8) is 0 Å². The highest BCUT2D eigenvalue weighted by atomic mass is 35.5. The molecule has 1 aliphatic rings. The van der Waals surface area contributed by atoms with Crippen LogP contribution in [-0.2, 0) is 4.74 Å². The number of nitrogens with one attached hydrogen (secondary N) is 1. The molecule has 6 heteroatoms. The van der Waals surface area contributed by atoms with Gasteiger partial charge >= 0.3 is 0 Å². The van der Waals surface area contributed by atoms with Gasteiger partial charge in [0.2, 0.25) is 5.96 Å². The summed E-state index contributed by atoms with van der Waals surface area (Å²) in [6, 6.07) is 17.4. The SMILES string of the molecule is NC(N=C(Nc1ccc(Cl)cc1)N1CCOCC1)c1ccccc1. The van der Waals surface area contributed by atoms with E-state index in [-0.39, 0.29) is 0 Å². The Labute approximate surface area is 147 Å². The minimum absolute atomic E-state index is 0.427. The summed E-state index contributed by atoms with van der Waals surface area (Å²) >= 11 is 5.96. The van der Waals surface area contributed by atoms with E-state index in [1.54, 1.807) is 0 Å². The summed E-state index contributed by atoms with van der Waals surface area (Å²) in [6.45, 7) is 2.92. The summed E-state index contributed by atoms with van der Waals surface area (Å²) < 4.78 is 5.43. The Morgan fingerprint density at radius 1 is 1.08 bits per heavy atom. The van der Waals surface area contributed by atoms with Crippen LogP contribution in [0.15, 0.2) is 59.6 Å². The van der Waals surface area contributed by atoms with E-state index in [1.165, 1.54) is 0 Å². The fraction of sp³-hybridized carbons (Fsp3) is 0.278. The lowest BCUT2D eigenvalue weighted by Crippen LogP contribution is -2.44. The number of hydrogen-bond donors (Lipinski definition) is 2. The first-order valence-corrected chi connectivity index (χ1v) is 8.34. The molecule has 3 rings (SSSR count). The molecule has 126 valence electrons. The van der Waals surface area contributed by atoms with Crippen molar-refractivity contribution < 1.29 is 4.74 Å². The van der Waals surface area contributed by atoms with Crippen molar-refractivity contribution >= 4 is 23.2 Å². The summed E-state index contributed by atoms with van der Waals surface area (Å²) in [6.07, 6.45) is -0.427. The molecule has 1 saturated heterocycles. The van der Waals surface area contributed by atoms with E-state index in [0.717, 1.165) is 30.3 Å². The average molecular weight is 345 g/mol. The highest BCUT2D eigenvalue weighted by molar-refractivity contribution is 6.30. The molecule has 24 heavy (non-hydrogen) atoms. The summed E-state index contributed by atoms with van der Waals surface area (Å²) in [5.74, 6) is 0.747. The van der Waals surface area contributed by atoms with E-state index in [0.29, 0.717) is 18.2 Å². The van der Waals surface area contributed by atoms with Crippen LogP contribution in [0.5, 0.6) is 0 Å². The van der Waals surface area contributed by atoms with E-state index in [9.17, 15) is 0 Å². The normalized spacial score (nSPS) is 16.8. The molecule has 0 amide bonds. The number of benzene rings is 2. The van der Waals surface area contributed by atoms with E-state index < -0.39 is 6.17 Å². The van der Waals surface area contributed by atoms with Crippen molar-refractivity contribution in [1.29, 1.82) is 0 Å². The maximum atomic E-state index is 6.27. The largest absolute Gasteiger partial charge is 0.378 e. The minimum Gasteiger partial charge on any atom is -0.378 e. The van der Waals surface area contributed by atoms with Crippen LogP contribution in [0.25, 0.3) is 0 Å². The Kier molecular flexibility index (Phi) is 5.69. The first-order chi connectivity index (χ1) is 11.7. The third-order valence-corrected chi connectivity index (χ3v) is 4.07. The number of aliphatic imine (C=N–C) groups is 1. The smallest absolute Gasteiger partial charge is 0.200 e. The van der Waals surface area contributed by atoms with Gasteiger partial charge in [-0.25, -0.2) is 4.99 Å². The molecule has 2 aromatic carbocycles. The number of hydrogen-bond acceptors (Lipinski definition) is 3. The molecule has 0 bridgehead atoms. The second kappa shape index (κ2) is 8.15. The number of nitrogens with two attached hydrogens (primary N) is 1. The van der Waals surface area contributed by atoms with Crippen molar-refractivity contribution in [1.82, 2.24) is 4.90 Å². The Hall–Kier alpha value is -2.08. The third-order valence-electron chi connectivity index (χ3n) is 3.81. The molecule has 1 heterocycles. The van der Waals surface area contributed by atoms with Crippen LogP contribution in [0.2, 0.25) is 5.02 Å². The van der Waals surface area contributed by atoms with Gasteiger partial charge in [-0.3, -0.25) is 0 Å². The van der Waals surface area contributed by atoms with Gasteiger partial charge in [0.25, 0.3) is 0 Å². The summed E-state index contributed by atoms with van der Waals surface area (Å²) in [4.78, 5) is 6.86. The fourth-order valence-corrected chi connectivity index (χ4v) is 2.61. The first-order valence-electron chi connectivity index (χ1n) is 7.96. The molecule has 1 unspecified atom stereocenters. The molecule has 0 aliphatic carbocycles. The molecule has 1 fully saturated rings. The molecular weight excluding hydrogens is 324 g/mol. The summed E-state index contributed by atoms with van der Waals surface area (Å²) in [5, 5.41) is 4.06. The maximum absolute atomic E-state index is 6.27. The van der Waals surface area contributed by atoms with Gasteiger partial charge in [-0.05, 0) is 29.8 Å². The Morgan fingerprint density at radius 2 is 1.75 bits per heavy atom.